The molecule has 0 bridgehead atoms. The molecule has 0 aliphatic carbocycles. The highest BCUT2D eigenvalue weighted by molar-refractivity contribution is 6.30. The zero-order valence-electron chi connectivity index (χ0n) is 12.7. The highest BCUT2D eigenvalue weighted by Crippen LogP contribution is 2.36. The summed E-state index contributed by atoms with van der Waals surface area (Å²) in [7, 11) is 1.68. The lowest BCUT2D eigenvalue weighted by Crippen LogP contribution is -2.08. The van der Waals surface area contributed by atoms with E-state index in [0.29, 0.717) is 18.2 Å². The van der Waals surface area contributed by atoms with Gasteiger partial charge in [0, 0.05) is 36.6 Å². The largest absolute Gasteiger partial charge is 0.383 e. The van der Waals surface area contributed by atoms with Crippen LogP contribution in [0.2, 0.25) is 5.02 Å². The van der Waals surface area contributed by atoms with Gasteiger partial charge in [-0.2, -0.15) is 5.10 Å². The van der Waals surface area contributed by atoms with Crippen LogP contribution >= 0.6 is 11.6 Å². The van der Waals surface area contributed by atoms with Crippen LogP contribution < -0.4 is 5.32 Å². The molecule has 0 unspecified atom stereocenters. The fourth-order valence-electron chi connectivity index (χ4n) is 2.37. The monoisotopic (exact) mass is 328 g/mol. The second-order valence-corrected chi connectivity index (χ2v) is 5.42. The van der Waals surface area contributed by atoms with Crippen LogP contribution in [-0.2, 0) is 4.74 Å². The number of pyridine rings is 1. The van der Waals surface area contributed by atoms with Gasteiger partial charge >= 0.3 is 0 Å². The zero-order chi connectivity index (χ0) is 16.1. The van der Waals surface area contributed by atoms with Crippen LogP contribution in [0.1, 0.15) is 0 Å². The fourth-order valence-corrected chi connectivity index (χ4v) is 2.49. The van der Waals surface area contributed by atoms with Crippen LogP contribution in [0.25, 0.3) is 22.4 Å². The normalized spacial score (nSPS) is 10.7. The molecular weight excluding hydrogens is 312 g/mol. The van der Waals surface area contributed by atoms with Crippen molar-refractivity contribution in [3.8, 4) is 22.4 Å². The van der Waals surface area contributed by atoms with Gasteiger partial charge in [0.2, 0.25) is 0 Å². The highest BCUT2D eigenvalue weighted by Gasteiger charge is 2.16. The Balaban J connectivity index is 2.04. The molecule has 2 heterocycles. The third-order valence-electron chi connectivity index (χ3n) is 3.47. The van der Waals surface area contributed by atoms with Crippen molar-refractivity contribution in [3.05, 3.63) is 53.8 Å². The summed E-state index contributed by atoms with van der Waals surface area (Å²) in [5.41, 5.74) is 4.01. The summed E-state index contributed by atoms with van der Waals surface area (Å²) in [6.45, 7) is 1.29. The van der Waals surface area contributed by atoms with Gasteiger partial charge in [0.15, 0.2) is 5.82 Å². The molecule has 0 saturated carbocycles. The molecule has 1 aromatic carbocycles. The van der Waals surface area contributed by atoms with E-state index in [2.05, 4.69) is 20.5 Å². The van der Waals surface area contributed by atoms with Crippen molar-refractivity contribution in [1.82, 2.24) is 15.2 Å². The number of H-pyrrole nitrogens is 1. The Hall–Kier alpha value is -2.37. The molecule has 23 heavy (non-hydrogen) atoms. The minimum absolute atomic E-state index is 0.610. The van der Waals surface area contributed by atoms with Crippen molar-refractivity contribution >= 4 is 17.4 Å². The molecule has 0 fully saturated rings. The SMILES string of the molecule is COCCNc1n[nH]c(-c2ccc(Cl)cc2)c1-c1ccncc1. The lowest BCUT2D eigenvalue weighted by atomic mass is 10.0. The third kappa shape index (κ3) is 3.52. The Bertz CT molecular complexity index is 756. The molecule has 2 aromatic heterocycles. The number of anilines is 1. The molecule has 0 radical (unpaired) electrons. The molecule has 0 aliphatic rings. The van der Waals surface area contributed by atoms with Crippen molar-refractivity contribution in [1.29, 1.82) is 0 Å². The van der Waals surface area contributed by atoms with Crippen molar-refractivity contribution in [2.24, 2.45) is 0 Å². The molecule has 0 spiro atoms. The number of ether oxygens (including phenoxy) is 1. The zero-order valence-corrected chi connectivity index (χ0v) is 13.5. The molecule has 0 atom stereocenters. The lowest BCUT2D eigenvalue weighted by molar-refractivity contribution is 0.210. The molecule has 118 valence electrons. The summed E-state index contributed by atoms with van der Waals surface area (Å²) in [5.74, 6) is 0.790. The molecule has 5 nitrogen and oxygen atoms in total. The van der Waals surface area contributed by atoms with Crippen LogP contribution in [0.4, 0.5) is 5.82 Å². The van der Waals surface area contributed by atoms with E-state index in [1.165, 1.54) is 0 Å². The molecule has 3 rings (SSSR count). The Labute approximate surface area is 139 Å². The Morgan fingerprint density at radius 3 is 2.52 bits per heavy atom. The molecule has 6 heteroatoms. The van der Waals surface area contributed by atoms with Gasteiger partial charge < -0.3 is 10.1 Å². The number of nitrogens with one attached hydrogen (secondary N) is 2. The quantitative estimate of drug-likeness (QED) is 0.675. The number of halogens is 1. The average molecular weight is 329 g/mol. The van der Waals surface area contributed by atoms with Crippen LogP contribution in [-0.4, -0.2) is 35.4 Å². The van der Waals surface area contributed by atoms with E-state index in [1.807, 2.05) is 36.4 Å². The maximum Gasteiger partial charge on any atom is 0.156 e. The topological polar surface area (TPSA) is 62.8 Å². The van der Waals surface area contributed by atoms with Gasteiger partial charge in [-0.3, -0.25) is 10.1 Å². The maximum absolute atomic E-state index is 5.99. The molecule has 0 amide bonds. The predicted molar refractivity (Wildman–Crippen MR) is 92.6 cm³/mol. The number of aromatic nitrogens is 3. The van der Waals surface area contributed by atoms with Crippen molar-refractivity contribution < 1.29 is 4.74 Å². The minimum Gasteiger partial charge on any atom is -0.383 e. The molecule has 3 aromatic rings. The number of hydrogen-bond acceptors (Lipinski definition) is 4. The number of methoxy groups -OCH3 is 1. The number of nitrogens with zero attached hydrogens (tertiary/aromatic N) is 2. The molecule has 0 aliphatic heterocycles. The summed E-state index contributed by atoms with van der Waals surface area (Å²) in [6, 6.07) is 11.6. The average Bonchev–Trinajstić information content (AvgIpc) is 3.00. The first kappa shape index (κ1) is 15.5. The molecular formula is C17H17ClN4O. The summed E-state index contributed by atoms with van der Waals surface area (Å²) < 4.78 is 5.09. The summed E-state index contributed by atoms with van der Waals surface area (Å²) >= 11 is 5.99. The van der Waals surface area contributed by atoms with E-state index < -0.39 is 0 Å². The standard InChI is InChI=1S/C17H17ClN4O/c1-23-11-10-20-17-15(12-6-8-19-9-7-12)16(21-22-17)13-2-4-14(18)5-3-13/h2-9H,10-11H2,1H3,(H2,20,21,22). The lowest BCUT2D eigenvalue weighted by Gasteiger charge is -2.08. The van der Waals surface area contributed by atoms with Gasteiger partial charge in [-0.15, -0.1) is 0 Å². The van der Waals surface area contributed by atoms with Crippen LogP contribution in [0.15, 0.2) is 48.8 Å². The highest BCUT2D eigenvalue weighted by atomic mass is 35.5. The van der Waals surface area contributed by atoms with E-state index in [9.17, 15) is 0 Å². The summed E-state index contributed by atoms with van der Waals surface area (Å²) in [4.78, 5) is 4.09. The fraction of sp³-hybridized carbons (Fsp3) is 0.176. The first-order valence-electron chi connectivity index (χ1n) is 7.27. The van der Waals surface area contributed by atoms with Crippen molar-refractivity contribution in [3.63, 3.8) is 0 Å². The minimum atomic E-state index is 0.610. The third-order valence-corrected chi connectivity index (χ3v) is 3.72. The van der Waals surface area contributed by atoms with Gasteiger partial charge in [0.05, 0.1) is 17.9 Å². The number of hydrogen-bond donors (Lipinski definition) is 2. The van der Waals surface area contributed by atoms with Crippen LogP contribution in [0.3, 0.4) is 0 Å². The smallest absolute Gasteiger partial charge is 0.156 e. The molecule has 2 N–H and O–H groups in total. The Morgan fingerprint density at radius 1 is 1.09 bits per heavy atom. The van der Waals surface area contributed by atoms with Gasteiger partial charge in [0.25, 0.3) is 0 Å². The van der Waals surface area contributed by atoms with E-state index in [-0.39, 0.29) is 0 Å². The van der Waals surface area contributed by atoms with Gasteiger partial charge in [-0.05, 0) is 29.8 Å². The van der Waals surface area contributed by atoms with Gasteiger partial charge in [-0.1, -0.05) is 23.7 Å². The second kappa shape index (κ2) is 7.26. The maximum atomic E-state index is 5.99. The number of rotatable bonds is 6. The number of aromatic amines is 1. The van der Waals surface area contributed by atoms with E-state index in [1.54, 1.807) is 19.5 Å². The second-order valence-electron chi connectivity index (χ2n) is 4.98. The van der Waals surface area contributed by atoms with Crippen LogP contribution in [0.5, 0.6) is 0 Å². The number of benzene rings is 1. The van der Waals surface area contributed by atoms with Gasteiger partial charge in [0.1, 0.15) is 0 Å². The van der Waals surface area contributed by atoms with E-state index in [4.69, 9.17) is 16.3 Å². The van der Waals surface area contributed by atoms with Crippen molar-refractivity contribution in [2.75, 3.05) is 25.6 Å². The van der Waals surface area contributed by atoms with E-state index >= 15 is 0 Å². The summed E-state index contributed by atoms with van der Waals surface area (Å²) in [5, 5.41) is 11.5. The Kier molecular flexibility index (Phi) is 4.90. The van der Waals surface area contributed by atoms with E-state index in [0.717, 1.165) is 28.2 Å². The van der Waals surface area contributed by atoms with Crippen LogP contribution in [0, 0.1) is 0 Å². The van der Waals surface area contributed by atoms with Gasteiger partial charge in [-0.25, -0.2) is 0 Å². The van der Waals surface area contributed by atoms with Crippen molar-refractivity contribution in [2.45, 2.75) is 0 Å². The predicted octanol–water partition coefficient (Wildman–Crippen LogP) is 3.85. The first-order valence-corrected chi connectivity index (χ1v) is 7.65. The first-order chi connectivity index (χ1) is 11.3. The Morgan fingerprint density at radius 2 is 1.83 bits per heavy atom. The molecule has 0 saturated heterocycles. The summed E-state index contributed by atoms with van der Waals surface area (Å²) in [6.07, 6.45) is 3.54.